The van der Waals surface area contributed by atoms with E-state index < -0.39 is 40.7 Å². The van der Waals surface area contributed by atoms with Gasteiger partial charge in [-0.15, -0.1) is 0 Å². The summed E-state index contributed by atoms with van der Waals surface area (Å²) in [6.45, 7) is 1.51. The Bertz CT molecular complexity index is 506. The number of anilines is 1. The Balaban J connectivity index is 3.00. The lowest BCUT2D eigenvalue weighted by atomic mass is 10.2. The first-order valence-corrected chi connectivity index (χ1v) is 5.77. The lowest BCUT2D eigenvalue weighted by Gasteiger charge is -2.20. The van der Waals surface area contributed by atoms with Crippen LogP contribution in [0.2, 0.25) is 5.15 Å². The summed E-state index contributed by atoms with van der Waals surface area (Å²) in [6.07, 6.45) is -0.0901. The second kappa shape index (κ2) is 6.17. The van der Waals surface area contributed by atoms with Crippen molar-refractivity contribution in [3.05, 3.63) is 17.2 Å². The minimum atomic E-state index is -3.29. The van der Waals surface area contributed by atoms with Crippen molar-refractivity contribution in [1.29, 1.82) is 0 Å². The third-order valence-corrected chi connectivity index (χ3v) is 2.04. The first-order chi connectivity index (χ1) is 9.10. The predicted octanol–water partition coefficient (Wildman–Crippen LogP) is 3.82. The summed E-state index contributed by atoms with van der Waals surface area (Å²) in [5.74, 6) is -2.22. The first-order valence-electron chi connectivity index (χ1n) is 5.39. The van der Waals surface area contributed by atoms with E-state index >= 15 is 0 Å². The van der Waals surface area contributed by atoms with Gasteiger partial charge in [0.1, 0.15) is 11.3 Å². The number of halogens is 4. The second-order valence-electron chi connectivity index (χ2n) is 4.61. The molecule has 0 radical (unpaired) electrons. The molecule has 0 aliphatic rings. The van der Waals surface area contributed by atoms with E-state index in [4.69, 9.17) is 16.3 Å². The fourth-order valence-corrected chi connectivity index (χ4v) is 1.29. The Morgan fingerprint density at radius 1 is 1.45 bits per heavy atom. The summed E-state index contributed by atoms with van der Waals surface area (Å²) < 4.78 is 46.9. The van der Waals surface area contributed by atoms with Crippen molar-refractivity contribution in [2.45, 2.75) is 33.0 Å². The molecule has 0 aliphatic heterocycles. The molecule has 1 rings (SSSR count). The summed E-state index contributed by atoms with van der Waals surface area (Å²) in [7, 11) is 0. The van der Waals surface area contributed by atoms with Gasteiger partial charge in [0.15, 0.2) is 10.9 Å². The topological polar surface area (TPSA) is 60.5 Å². The van der Waals surface area contributed by atoms with E-state index in [0.29, 0.717) is 0 Å². The average Bonchev–Trinajstić information content (AvgIpc) is 2.25. The molecule has 5 nitrogen and oxygen atoms in total. The zero-order chi connectivity index (χ0) is 15.5. The number of hydrogen-bond acceptors (Lipinski definition) is 4. The normalized spacial score (nSPS) is 11.4. The Morgan fingerprint density at radius 3 is 2.55 bits per heavy atom. The SMILES string of the molecule is CC(C)(C)OC(=O)Nc1cnc(Cl)c(F)c1OC(F)F. The van der Waals surface area contributed by atoms with Crippen LogP contribution in [-0.4, -0.2) is 23.3 Å². The summed E-state index contributed by atoms with van der Waals surface area (Å²) in [4.78, 5) is 14.9. The number of carbonyl (C=O) groups excluding carboxylic acids is 1. The van der Waals surface area contributed by atoms with Gasteiger partial charge in [0.05, 0.1) is 6.20 Å². The lowest BCUT2D eigenvalue weighted by Crippen LogP contribution is -2.27. The van der Waals surface area contributed by atoms with Gasteiger partial charge in [0.2, 0.25) is 5.82 Å². The number of rotatable bonds is 3. The van der Waals surface area contributed by atoms with Crippen LogP contribution in [0, 0.1) is 5.82 Å². The number of pyridine rings is 1. The van der Waals surface area contributed by atoms with Crippen molar-refractivity contribution in [2.75, 3.05) is 5.32 Å². The van der Waals surface area contributed by atoms with Gasteiger partial charge < -0.3 is 9.47 Å². The van der Waals surface area contributed by atoms with Gasteiger partial charge in [-0.3, -0.25) is 5.32 Å². The molecular formula is C11H12ClF3N2O3. The minimum Gasteiger partial charge on any atom is -0.444 e. The van der Waals surface area contributed by atoms with Gasteiger partial charge in [-0.2, -0.15) is 13.2 Å². The van der Waals surface area contributed by atoms with Gasteiger partial charge >= 0.3 is 12.7 Å². The van der Waals surface area contributed by atoms with Gasteiger partial charge in [0.25, 0.3) is 0 Å². The molecule has 1 aromatic rings. The molecule has 1 N–H and O–H groups in total. The molecule has 0 spiro atoms. The number of amides is 1. The molecule has 0 saturated carbocycles. The standard InChI is InChI=1S/C11H12ClF3N2O3/c1-11(2,3)20-10(18)17-5-4-16-8(12)6(13)7(5)19-9(14)15/h4,9H,1-3H3,(H,17,18). The molecule has 0 saturated heterocycles. The quantitative estimate of drug-likeness (QED) is 0.862. The molecule has 0 unspecified atom stereocenters. The maximum absolute atomic E-state index is 13.6. The molecule has 0 aromatic carbocycles. The third kappa shape index (κ3) is 4.76. The number of hydrogen-bond donors (Lipinski definition) is 1. The van der Waals surface area contributed by atoms with E-state index in [9.17, 15) is 18.0 Å². The Morgan fingerprint density at radius 2 is 2.05 bits per heavy atom. The van der Waals surface area contributed by atoms with Crippen LogP contribution in [0.25, 0.3) is 0 Å². The molecule has 1 amide bonds. The predicted molar refractivity (Wildman–Crippen MR) is 65.7 cm³/mol. The highest BCUT2D eigenvalue weighted by atomic mass is 35.5. The smallest absolute Gasteiger partial charge is 0.412 e. The highest BCUT2D eigenvalue weighted by Crippen LogP contribution is 2.32. The van der Waals surface area contributed by atoms with Crippen molar-refractivity contribution < 1.29 is 27.4 Å². The van der Waals surface area contributed by atoms with Crippen LogP contribution in [0.3, 0.4) is 0 Å². The number of alkyl halides is 2. The summed E-state index contributed by atoms with van der Waals surface area (Å²) >= 11 is 5.36. The van der Waals surface area contributed by atoms with Gasteiger partial charge in [-0.05, 0) is 20.8 Å². The van der Waals surface area contributed by atoms with Crippen molar-refractivity contribution >= 4 is 23.4 Å². The molecule has 1 aromatic heterocycles. The number of nitrogens with one attached hydrogen (secondary N) is 1. The highest BCUT2D eigenvalue weighted by molar-refractivity contribution is 6.29. The second-order valence-corrected chi connectivity index (χ2v) is 4.97. The Kier molecular flexibility index (Phi) is 5.04. The zero-order valence-corrected chi connectivity index (χ0v) is 11.6. The Hall–Kier alpha value is -1.70. The van der Waals surface area contributed by atoms with Gasteiger partial charge in [-0.25, -0.2) is 9.78 Å². The van der Waals surface area contributed by atoms with Crippen molar-refractivity contribution in [3.8, 4) is 5.75 Å². The number of aromatic nitrogens is 1. The van der Waals surface area contributed by atoms with Crippen molar-refractivity contribution in [1.82, 2.24) is 4.98 Å². The Labute approximate surface area is 118 Å². The van der Waals surface area contributed by atoms with Crippen LogP contribution in [0.15, 0.2) is 6.20 Å². The van der Waals surface area contributed by atoms with E-state index in [1.54, 1.807) is 20.8 Å². The van der Waals surface area contributed by atoms with E-state index in [-0.39, 0.29) is 0 Å². The monoisotopic (exact) mass is 312 g/mol. The fraction of sp³-hybridized carbons (Fsp3) is 0.455. The highest BCUT2D eigenvalue weighted by Gasteiger charge is 2.22. The largest absolute Gasteiger partial charge is 0.444 e. The summed E-state index contributed by atoms with van der Waals surface area (Å²) in [6, 6.07) is 0. The maximum atomic E-state index is 13.6. The van der Waals surface area contributed by atoms with Crippen LogP contribution in [0.5, 0.6) is 5.75 Å². The van der Waals surface area contributed by atoms with Gasteiger partial charge in [-0.1, -0.05) is 11.6 Å². The molecule has 0 aliphatic carbocycles. The first kappa shape index (κ1) is 16.4. The van der Waals surface area contributed by atoms with E-state index in [1.165, 1.54) is 0 Å². The van der Waals surface area contributed by atoms with Gasteiger partial charge in [0, 0.05) is 0 Å². The number of nitrogens with zero attached hydrogens (tertiary/aromatic N) is 1. The minimum absolute atomic E-state index is 0.415. The molecule has 0 fully saturated rings. The summed E-state index contributed by atoms with van der Waals surface area (Å²) in [5, 5.41) is 1.40. The van der Waals surface area contributed by atoms with Crippen LogP contribution in [-0.2, 0) is 4.74 Å². The lowest BCUT2D eigenvalue weighted by molar-refractivity contribution is -0.0517. The number of ether oxygens (including phenoxy) is 2. The fourth-order valence-electron chi connectivity index (χ4n) is 1.16. The van der Waals surface area contributed by atoms with Crippen LogP contribution in [0.4, 0.5) is 23.7 Å². The molecule has 9 heteroatoms. The molecule has 20 heavy (non-hydrogen) atoms. The van der Waals surface area contributed by atoms with Crippen molar-refractivity contribution in [3.63, 3.8) is 0 Å². The van der Waals surface area contributed by atoms with E-state index in [1.807, 2.05) is 0 Å². The molecule has 0 bridgehead atoms. The average molecular weight is 313 g/mol. The number of carbonyl (C=O) groups is 1. The molecule has 112 valence electrons. The maximum Gasteiger partial charge on any atom is 0.412 e. The van der Waals surface area contributed by atoms with Crippen LogP contribution < -0.4 is 10.1 Å². The molecule has 1 heterocycles. The summed E-state index contributed by atoms with van der Waals surface area (Å²) in [5.41, 5.74) is -1.23. The van der Waals surface area contributed by atoms with Crippen LogP contribution in [0.1, 0.15) is 20.8 Å². The van der Waals surface area contributed by atoms with Crippen molar-refractivity contribution in [2.24, 2.45) is 0 Å². The molecule has 0 atom stereocenters. The molecular weight excluding hydrogens is 301 g/mol. The van der Waals surface area contributed by atoms with E-state index in [2.05, 4.69) is 15.0 Å². The van der Waals surface area contributed by atoms with Crippen LogP contribution >= 0.6 is 11.6 Å². The van der Waals surface area contributed by atoms with E-state index in [0.717, 1.165) is 6.20 Å². The third-order valence-electron chi connectivity index (χ3n) is 1.77. The zero-order valence-electron chi connectivity index (χ0n) is 10.8.